The Labute approximate surface area is 115 Å². The number of benzene rings is 1. The van der Waals surface area contributed by atoms with Crippen LogP contribution in [0.25, 0.3) is 0 Å². The molecule has 2 atom stereocenters. The van der Waals surface area contributed by atoms with E-state index in [9.17, 15) is 5.26 Å². The molecule has 1 aromatic carbocycles. The summed E-state index contributed by atoms with van der Waals surface area (Å²) in [5, 5.41) is 12.8. The van der Waals surface area contributed by atoms with Gasteiger partial charge in [0.25, 0.3) is 0 Å². The topological polar surface area (TPSA) is 45.0 Å². The lowest BCUT2D eigenvalue weighted by Gasteiger charge is -2.27. The minimum atomic E-state index is -0.0131. The molecule has 1 heterocycles. The maximum absolute atomic E-state index is 9.44. The number of rotatable bonds is 4. The molecule has 0 saturated carbocycles. The molecule has 2 rings (SSSR count). The molecule has 1 aliphatic heterocycles. The Bertz CT molecular complexity index is 427. The standard InChI is InChI=1S/C16H22N2O/c1-12(2)19-15-7-5-13(6-8-15)16(10-17)14-4-3-9-18-11-14/h5-8,12,14,16,18H,3-4,9,11H2,1-2H3. The molecule has 1 fully saturated rings. The summed E-state index contributed by atoms with van der Waals surface area (Å²) in [6, 6.07) is 10.5. The third-order valence-electron chi connectivity index (χ3n) is 3.56. The summed E-state index contributed by atoms with van der Waals surface area (Å²) in [5.74, 6) is 1.29. The van der Waals surface area contributed by atoms with Crippen molar-refractivity contribution in [2.24, 2.45) is 5.92 Å². The minimum absolute atomic E-state index is 0.0131. The van der Waals surface area contributed by atoms with Crippen molar-refractivity contribution < 1.29 is 4.74 Å². The molecule has 1 aromatic rings. The molecule has 3 nitrogen and oxygen atoms in total. The number of nitriles is 1. The SMILES string of the molecule is CC(C)Oc1ccc(C(C#N)C2CCCNC2)cc1. The summed E-state index contributed by atoms with van der Waals surface area (Å²) in [4.78, 5) is 0. The fourth-order valence-corrected chi connectivity index (χ4v) is 2.64. The average Bonchev–Trinajstić information content (AvgIpc) is 2.42. The van der Waals surface area contributed by atoms with Gasteiger partial charge in [-0.3, -0.25) is 0 Å². The maximum Gasteiger partial charge on any atom is 0.119 e. The molecule has 19 heavy (non-hydrogen) atoms. The second-order valence-electron chi connectivity index (χ2n) is 5.45. The molecule has 0 amide bonds. The Balaban J connectivity index is 2.08. The van der Waals surface area contributed by atoms with E-state index in [2.05, 4.69) is 11.4 Å². The summed E-state index contributed by atoms with van der Waals surface area (Å²) >= 11 is 0. The quantitative estimate of drug-likeness (QED) is 0.902. The maximum atomic E-state index is 9.44. The number of nitrogens with one attached hydrogen (secondary N) is 1. The number of piperidine rings is 1. The van der Waals surface area contributed by atoms with Gasteiger partial charge in [-0.1, -0.05) is 12.1 Å². The van der Waals surface area contributed by atoms with Crippen LogP contribution in [0, 0.1) is 17.2 Å². The van der Waals surface area contributed by atoms with Gasteiger partial charge >= 0.3 is 0 Å². The largest absolute Gasteiger partial charge is 0.491 e. The van der Waals surface area contributed by atoms with Gasteiger partial charge in [0.1, 0.15) is 5.75 Å². The Morgan fingerprint density at radius 1 is 1.32 bits per heavy atom. The van der Waals surface area contributed by atoms with Crippen molar-refractivity contribution in [3.8, 4) is 11.8 Å². The molecule has 0 spiro atoms. The second kappa shape index (κ2) is 6.58. The predicted octanol–water partition coefficient (Wildman–Crippen LogP) is 3.08. The van der Waals surface area contributed by atoms with Crippen LogP contribution in [-0.2, 0) is 0 Å². The van der Waals surface area contributed by atoms with Crippen molar-refractivity contribution in [1.82, 2.24) is 5.32 Å². The number of nitrogens with zero attached hydrogens (tertiary/aromatic N) is 1. The van der Waals surface area contributed by atoms with E-state index in [4.69, 9.17) is 4.74 Å². The van der Waals surface area contributed by atoms with Crippen molar-refractivity contribution in [3.63, 3.8) is 0 Å². The van der Waals surface area contributed by atoms with E-state index in [-0.39, 0.29) is 12.0 Å². The Hall–Kier alpha value is -1.53. The van der Waals surface area contributed by atoms with E-state index in [0.29, 0.717) is 5.92 Å². The average molecular weight is 258 g/mol. The van der Waals surface area contributed by atoms with Crippen LogP contribution in [0.5, 0.6) is 5.75 Å². The highest BCUT2D eigenvalue weighted by atomic mass is 16.5. The summed E-state index contributed by atoms with van der Waals surface area (Å²) in [7, 11) is 0. The van der Waals surface area contributed by atoms with Crippen LogP contribution in [0.4, 0.5) is 0 Å². The van der Waals surface area contributed by atoms with E-state index in [1.165, 1.54) is 0 Å². The first kappa shape index (κ1) is 13.9. The van der Waals surface area contributed by atoms with Gasteiger partial charge in [-0.25, -0.2) is 0 Å². The minimum Gasteiger partial charge on any atom is -0.491 e. The molecule has 0 bridgehead atoms. The normalized spacial score (nSPS) is 20.8. The van der Waals surface area contributed by atoms with Crippen LogP contribution < -0.4 is 10.1 Å². The summed E-state index contributed by atoms with van der Waals surface area (Å²) in [6.07, 6.45) is 2.48. The highest BCUT2D eigenvalue weighted by molar-refractivity contribution is 5.32. The number of hydrogen-bond donors (Lipinski definition) is 1. The molecular formula is C16H22N2O. The Kier molecular flexibility index (Phi) is 4.81. The van der Waals surface area contributed by atoms with Crippen molar-refractivity contribution >= 4 is 0 Å². The molecule has 3 heteroatoms. The first-order valence-electron chi connectivity index (χ1n) is 7.07. The van der Waals surface area contributed by atoms with Gasteiger partial charge < -0.3 is 10.1 Å². The van der Waals surface area contributed by atoms with E-state index >= 15 is 0 Å². The fraction of sp³-hybridized carbons (Fsp3) is 0.562. The van der Waals surface area contributed by atoms with Gasteiger partial charge in [-0.05, 0) is 63.4 Å². The first-order valence-corrected chi connectivity index (χ1v) is 7.07. The van der Waals surface area contributed by atoms with Crippen molar-refractivity contribution in [1.29, 1.82) is 5.26 Å². The van der Waals surface area contributed by atoms with Gasteiger partial charge in [0, 0.05) is 0 Å². The number of hydrogen-bond acceptors (Lipinski definition) is 3. The molecule has 1 aliphatic rings. The van der Waals surface area contributed by atoms with E-state index in [1.807, 2.05) is 38.1 Å². The number of ether oxygens (including phenoxy) is 1. The van der Waals surface area contributed by atoms with Gasteiger partial charge in [0.15, 0.2) is 0 Å². The van der Waals surface area contributed by atoms with Crippen LogP contribution in [0.3, 0.4) is 0 Å². The van der Waals surface area contributed by atoms with Crippen LogP contribution in [0.2, 0.25) is 0 Å². The molecule has 1 N–H and O–H groups in total. The predicted molar refractivity (Wildman–Crippen MR) is 76.2 cm³/mol. The monoisotopic (exact) mass is 258 g/mol. The zero-order valence-corrected chi connectivity index (χ0v) is 11.7. The third kappa shape index (κ3) is 3.71. The lowest BCUT2D eigenvalue weighted by atomic mass is 9.82. The highest BCUT2D eigenvalue weighted by Crippen LogP contribution is 2.30. The Morgan fingerprint density at radius 2 is 2.05 bits per heavy atom. The zero-order chi connectivity index (χ0) is 13.7. The van der Waals surface area contributed by atoms with Crippen molar-refractivity contribution in [3.05, 3.63) is 29.8 Å². The second-order valence-corrected chi connectivity index (χ2v) is 5.45. The third-order valence-corrected chi connectivity index (χ3v) is 3.56. The van der Waals surface area contributed by atoms with Gasteiger partial charge in [0.05, 0.1) is 18.1 Å². The van der Waals surface area contributed by atoms with Crippen LogP contribution in [0.1, 0.15) is 38.2 Å². The summed E-state index contributed by atoms with van der Waals surface area (Å²) in [5.41, 5.74) is 1.10. The Morgan fingerprint density at radius 3 is 2.58 bits per heavy atom. The molecule has 0 aromatic heterocycles. The van der Waals surface area contributed by atoms with Crippen LogP contribution in [0.15, 0.2) is 24.3 Å². The lowest BCUT2D eigenvalue weighted by molar-refractivity contribution is 0.242. The molecule has 1 saturated heterocycles. The summed E-state index contributed by atoms with van der Waals surface area (Å²) < 4.78 is 5.63. The zero-order valence-electron chi connectivity index (χ0n) is 11.7. The van der Waals surface area contributed by atoms with Gasteiger partial charge in [0.2, 0.25) is 0 Å². The highest BCUT2D eigenvalue weighted by Gasteiger charge is 2.24. The van der Waals surface area contributed by atoms with E-state index in [1.54, 1.807) is 0 Å². The molecule has 0 radical (unpaired) electrons. The summed E-state index contributed by atoms with van der Waals surface area (Å²) in [6.45, 7) is 6.05. The van der Waals surface area contributed by atoms with Crippen LogP contribution >= 0.6 is 0 Å². The van der Waals surface area contributed by atoms with E-state index in [0.717, 1.165) is 37.2 Å². The molecular weight excluding hydrogens is 236 g/mol. The molecule has 102 valence electrons. The van der Waals surface area contributed by atoms with Crippen LogP contribution in [-0.4, -0.2) is 19.2 Å². The first-order chi connectivity index (χ1) is 9.20. The van der Waals surface area contributed by atoms with Crippen molar-refractivity contribution in [2.75, 3.05) is 13.1 Å². The smallest absolute Gasteiger partial charge is 0.119 e. The molecule has 0 aliphatic carbocycles. The van der Waals surface area contributed by atoms with Gasteiger partial charge in [-0.15, -0.1) is 0 Å². The van der Waals surface area contributed by atoms with Crippen molar-refractivity contribution in [2.45, 2.75) is 38.7 Å². The van der Waals surface area contributed by atoms with Gasteiger partial charge in [-0.2, -0.15) is 5.26 Å². The lowest BCUT2D eigenvalue weighted by Crippen LogP contribution is -2.32. The van der Waals surface area contributed by atoms with E-state index < -0.39 is 0 Å². The fourth-order valence-electron chi connectivity index (χ4n) is 2.64. The molecule has 2 unspecified atom stereocenters.